The Morgan fingerprint density at radius 1 is 1.42 bits per heavy atom. The van der Waals surface area contributed by atoms with Gasteiger partial charge in [0, 0.05) is 30.5 Å². The van der Waals surface area contributed by atoms with Crippen molar-refractivity contribution in [3.63, 3.8) is 0 Å². The van der Waals surface area contributed by atoms with Crippen LogP contribution < -0.4 is 10.5 Å². The Balaban J connectivity index is 1.89. The highest BCUT2D eigenvalue weighted by Gasteiger charge is 2.08. The zero-order valence-electron chi connectivity index (χ0n) is 11.5. The highest BCUT2D eigenvalue weighted by molar-refractivity contribution is 5.38. The standard InChI is InChI=1S/C15H21N3O/c1-12-4-5-14(13(2)16)15(10-12)19-9-3-7-18-8-6-17-11-18/h4-6,8,10-11,13H,3,7,9,16H2,1-2H3. The lowest BCUT2D eigenvalue weighted by molar-refractivity contribution is 0.297. The fourth-order valence-corrected chi connectivity index (χ4v) is 1.99. The molecule has 0 aliphatic heterocycles. The molecule has 1 atom stereocenters. The molecule has 0 saturated heterocycles. The summed E-state index contributed by atoms with van der Waals surface area (Å²) in [5.41, 5.74) is 8.21. The van der Waals surface area contributed by atoms with Gasteiger partial charge in [-0.15, -0.1) is 0 Å². The topological polar surface area (TPSA) is 53.1 Å². The maximum absolute atomic E-state index is 5.95. The van der Waals surface area contributed by atoms with Gasteiger partial charge in [-0.25, -0.2) is 4.98 Å². The first-order valence-corrected chi connectivity index (χ1v) is 6.61. The van der Waals surface area contributed by atoms with Gasteiger partial charge in [-0.2, -0.15) is 0 Å². The zero-order chi connectivity index (χ0) is 13.7. The Labute approximate surface area is 114 Å². The lowest BCUT2D eigenvalue weighted by atomic mass is 10.1. The summed E-state index contributed by atoms with van der Waals surface area (Å²) >= 11 is 0. The second kappa shape index (κ2) is 6.38. The number of hydrogen-bond donors (Lipinski definition) is 1. The number of aromatic nitrogens is 2. The highest BCUT2D eigenvalue weighted by Crippen LogP contribution is 2.25. The van der Waals surface area contributed by atoms with E-state index < -0.39 is 0 Å². The number of benzene rings is 1. The summed E-state index contributed by atoms with van der Waals surface area (Å²) in [6.45, 7) is 5.63. The van der Waals surface area contributed by atoms with Crippen molar-refractivity contribution in [2.45, 2.75) is 32.9 Å². The Kier molecular flexibility index (Phi) is 4.58. The molecule has 0 radical (unpaired) electrons. The van der Waals surface area contributed by atoms with Crippen molar-refractivity contribution in [2.75, 3.05) is 6.61 Å². The van der Waals surface area contributed by atoms with Crippen molar-refractivity contribution < 1.29 is 4.74 Å². The SMILES string of the molecule is Cc1ccc(C(C)N)c(OCCCn2ccnc2)c1. The molecule has 0 bridgehead atoms. The highest BCUT2D eigenvalue weighted by atomic mass is 16.5. The molecule has 1 aromatic carbocycles. The molecule has 1 heterocycles. The Hall–Kier alpha value is -1.81. The van der Waals surface area contributed by atoms with Gasteiger partial charge in [0.2, 0.25) is 0 Å². The maximum Gasteiger partial charge on any atom is 0.124 e. The van der Waals surface area contributed by atoms with E-state index in [0.717, 1.165) is 24.3 Å². The average Bonchev–Trinajstić information content (AvgIpc) is 2.87. The Morgan fingerprint density at radius 3 is 2.95 bits per heavy atom. The van der Waals surface area contributed by atoms with Gasteiger partial charge in [0.15, 0.2) is 0 Å². The largest absolute Gasteiger partial charge is 0.493 e. The van der Waals surface area contributed by atoms with Crippen LogP contribution in [-0.2, 0) is 6.54 Å². The van der Waals surface area contributed by atoms with Crippen LogP contribution in [0, 0.1) is 6.92 Å². The van der Waals surface area contributed by atoms with Gasteiger partial charge in [-0.3, -0.25) is 0 Å². The van der Waals surface area contributed by atoms with Gasteiger partial charge >= 0.3 is 0 Å². The van der Waals surface area contributed by atoms with Gasteiger partial charge in [0.05, 0.1) is 12.9 Å². The minimum atomic E-state index is -0.00995. The number of nitrogens with two attached hydrogens (primary N) is 1. The lowest BCUT2D eigenvalue weighted by Crippen LogP contribution is -2.10. The van der Waals surface area contributed by atoms with Crippen LogP contribution in [0.5, 0.6) is 5.75 Å². The summed E-state index contributed by atoms with van der Waals surface area (Å²) in [5.74, 6) is 0.903. The van der Waals surface area contributed by atoms with Crippen molar-refractivity contribution >= 4 is 0 Å². The van der Waals surface area contributed by atoms with E-state index in [4.69, 9.17) is 10.5 Å². The van der Waals surface area contributed by atoms with Crippen molar-refractivity contribution in [1.29, 1.82) is 0 Å². The average molecular weight is 259 g/mol. The molecule has 0 saturated carbocycles. The first kappa shape index (κ1) is 13.6. The van der Waals surface area contributed by atoms with Crippen molar-refractivity contribution in [2.24, 2.45) is 5.73 Å². The van der Waals surface area contributed by atoms with Gasteiger partial charge in [-0.05, 0) is 31.9 Å². The number of hydrogen-bond acceptors (Lipinski definition) is 3. The van der Waals surface area contributed by atoms with E-state index in [-0.39, 0.29) is 6.04 Å². The molecule has 4 heteroatoms. The molecule has 19 heavy (non-hydrogen) atoms. The van der Waals surface area contributed by atoms with Crippen LogP contribution in [0.4, 0.5) is 0 Å². The molecule has 4 nitrogen and oxygen atoms in total. The number of aryl methyl sites for hydroxylation is 2. The van der Waals surface area contributed by atoms with Crippen LogP contribution in [0.2, 0.25) is 0 Å². The van der Waals surface area contributed by atoms with E-state index in [1.807, 2.05) is 30.1 Å². The predicted molar refractivity (Wildman–Crippen MR) is 76.1 cm³/mol. The summed E-state index contributed by atoms with van der Waals surface area (Å²) < 4.78 is 7.91. The molecule has 1 aromatic heterocycles. The van der Waals surface area contributed by atoms with Crippen LogP contribution >= 0.6 is 0 Å². The van der Waals surface area contributed by atoms with E-state index in [2.05, 4.69) is 24.0 Å². The van der Waals surface area contributed by atoms with Gasteiger partial charge in [0.25, 0.3) is 0 Å². The normalized spacial score (nSPS) is 12.4. The second-order valence-corrected chi connectivity index (χ2v) is 4.83. The van der Waals surface area contributed by atoms with Gasteiger partial charge in [0.1, 0.15) is 5.75 Å². The van der Waals surface area contributed by atoms with E-state index in [1.54, 1.807) is 6.20 Å². The maximum atomic E-state index is 5.95. The minimum absolute atomic E-state index is 0.00995. The van der Waals surface area contributed by atoms with Crippen molar-refractivity contribution in [3.05, 3.63) is 48.0 Å². The number of nitrogens with zero attached hydrogens (tertiary/aromatic N) is 2. The third kappa shape index (κ3) is 3.83. The number of imidazole rings is 1. The summed E-state index contributed by atoms with van der Waals surface area (Å²) in [4.78, 5) is 4.01. The predicted octanol–water partition coefficient (Wildman–Crippen LogP) is 2.68. The molecule has 0 aliphatic carbocycles. The molecule has 102 valence electrons. The summed E-state index contributed by atoms with van der Waals surface area (Å²) in [7, 11) is 0. The Morgan fingerprint density at radius 2 is 2.26 bits per heavy atom. The van der Waals surface area contributed by atoms with Crippen LogP contribution in [-0.4, -0.2) is 16.2 Å². The lowest BCUT2D eigenvalue weighted by Gasteiger charge is -2.15. The fraction of sp³-hybridized carbons (Fsp3) is 0.400. The smallest absolute Gasteiger partial charge is 0.124 e. The van der Waals surface area contributed by atoms with E-state index >= 15 is 0 Å². The fourth-order valence-electron chi connectivity index (χ4n) is 1.99. The second-order valence-electron chi connectivity index (χ2n) is 4.83. The monoisotopic (exact) mass is 259 g/mol. The third-order valence-electron chi connectivity index (χ3n) is 3.04. The quantitative estimate of drug-likeness (QED) is 0.811. The van der Waals surface area contributed by atoms with Crippen LogP contribution in [0.1, 0.15) is 30.5 Å². The number of ether oxygens (including phenoxy) is 1. The molecule has 1 unspecified atom stereocenters. The molecular weight excluding hydrogens is 238 g/mol. The first-order chi connectivity index (χ1) is 9.16. The van der Waals surface area contributed by atoms with Crippen molar-refractivity contribution in [1.82, 2.24) is 9.55 Å². The Bertz CT molecular complexity index is 506. The molecule has 0 spiro atoms. The van der Waals surface area contributed by atoms with Gasteiger partial charge in [-0.1, -0.05) is 12.1 Å². The molecule has 2 rings (SSSR count). The van der Waals surface area contributed by atoms with E-state index in [1.165, 1.54) is 5.56 Å². The van der Waals surface area contributed by atoms with E-state index in [9.17, 15) is 0 Å². The summed E-state index contributed by atoms with van der Waals surface area (Å²) in [5, 5.41) is 0. The molecule has 0 amide bonds. The molecule has 2 aromatic rings. The number of rotatable bonds is 6. The van der Waals surface area contributed by atoms with Gasteiger partial charge < -0.3 is 15.0 Å². The van der Waals surface area contributed by atoms with Crippen LogP contribution in [0.25, 0.3) is 0 Å². The zero-order valence-corrected chi connectivity index (χ0v) is 11.5. The molecular formula is C15H21N3O. The molecule has 0 aliphatic rings. The summed E-state index contributed by atoms with van der Waals surface area (Å²) in [6, 6.07) is 6.15. The minimum Gasteiger partial charge on any atom is -0.493 e. The molecule has 0 fully saturated rings. The van der Waals surface area contributed by atoms with Crippen molar-refractivity contribution in [3.8, 4) is 5.75 Å². The molecule has 2 N–H and O–H groups in total. The summed E-state index contributed by atoms with van der Waals surface area (Å²) in [6.07, 6.45) is 6.51. The van der Waals surface area contributed by atoms with E-state index in [0.29, 0.717) is 6.61 Å². The first-order valence-electron chi connectivity index (χ1n) is 6.61. The van der Waals surface area contributed by atoms with Crippen LogP contribution in [0.15, 0.2) is 36.9 Å². The third-order valence-corrected chi connectivity index (χ3v) is 3.04. The van der Waals surface area contributed by atoms with Crippen LogP contribution in [0.3, 0.4) is 0 Å².